The maximum Gasteiger partial charge on any atom is 0.136 e. The van der Waals surface area contributed by atoms with E-state index >= 15 is 0 Å². The van der Waals surface area contributed by atoms with Crippen LogP contribution in [0.1, 0.15) is 35.0 Å². The number of hydrogen-bond acceptors (Lipinski definition) is 3. The molecule has 1 atom stereocenters. The first-order valence-electron chi connectivity index (χ1n) is 7.52. The molecule has 0 amide bonds. The molecule has 0 unspecified atom stereocenters. The molecule has 3 aromatic heterocycles. The van der Waals surface area contributed by atoms with Crippen LogP contribution in [0.2, 0.25) is 0 Å². The van der Waals surface area contributed by atoms with Crippen LogP contribution in [0.5, 0.6) is 0 Å². The Bertz CT molecular complexity index is 758. The molecular weight excluding hydrogens is 278 g/mol. The van der Waals surface area contributed by atoms with Crippen molar-refractivity contribution in [1.29, 1.82) is 0 Å². The minimum absolute atomic E-state index is 0.504. The Kier molecular flexibility index (Phi) is 3.28. The fourth-order valence-electron chi connectivity index (χ4n) is 3.34. The highest BCUT2D eigenvalue weighted by molar-refractivity contribution is 7.10. The topological polar surface area (TPSA) is 20.5 Å². The molecular formula is C17H19N3S. The summed E-state index contributed by atoms with van der Waals surface area (Å²) in [7, 11) is 0. The lowest BCUT2D eigenvalue weighted by molar-refractivity contribution is 0.245. The van der Waals surface area contributed by atoms with Crippen LogP contribution in [0.3, 0.4) is 0 Å². The molecule has 1 fully saturated rings. The first-order chi connectivity index (χ1) is 10.3. The van der Waals surface area contributed by atoms with Crippen LogP contribution in [-0.4, -0.2) is 20.8 Å². The molecule has 4 rings (SSSR count). The van der Waals surface area contributed by atoms with Gasteiger partial charge in [0, 0.05) is 29.5 Å². The molecule has 1 saturated heterocycles. The summed E-state index contributed by atoms with van der Waals surface area (Å²) in [5.74, 6) is 0. The lowest BCUT2D eigenvalue weighted by Crippen LogP contribution is -2.24. The lowest BCUT2D eigenvalue weighted by atomic mass is 10.1. The van der Waals surface area contributed by atoms with Crippen molar-refractivity contribution in [2.75, 3.05) is 6.54 Å². The van der Waals surface area contributed by atoms with E-state index in [0.717, 1.165) is 12.2 Å². The number of aryl methyl sites for hydroxylation is 1. The minimum atomic E-state index is 0.504. The van der Waals surface area contributed by atoms with Gasteiger partial charge in [0.25, 0.3) is 0 Å². The van der Waals surface area contributed by atoms with Gasteiger partial charge in [-0.15, -0.1) is 11.3 Å². The molecule has 21 heavy (non-hydrogen) atoms. The third-order valence-corrected chi connectivity index (χ3v) is 5.49. The lowest BCUT2D eigenvalue weighted by Gasteiger charge is -2.25. The average Bonchev–Trinajstić information content (AvgIpc) is 3.21. The van der Waals surface area contributed by atoms with Gasteiger partial charge in [0.05, 0.1) is 6.04 Å². The van der Waals surface area contributed by atoms with Crippen LogP contribution >= 0.6 is 11.3 Å². The Morgan fingerprint density at radius 2 is 2.29 bits per heavy atom. The molecule has 108 valence electrons. The number of aromatic nitrogens is 2. The zero-order valence-corrected chi connectivity index (χ0v) is 13.0. The van der Waals surface area contributed by atoms with Crippen LogP contribution in [0.4, 0.5) is 0 Å². The molecule has 0 aromatic carbocycles. The standard InChI is InChI=1S/C17H19N3S/c1-13-7-11-21-16(13)12-19-9-3-5-14(19)15-4-2-6-17-18-8-10-20(15)17/h2,4,6-8,10-11,14H,3,5,9,12H2,1H3/t14-/m1/s1. The van der Waals surface area contributed by atoms with Crippen LogP contribution < -0.4 is 0 Å². The maximum absolute atomic E-state index is 4.41. The predicted molar refractivity (Wildman–Crippen MR) is 86.6 cm³/mol. The number of likely N-dealkylation sites (tertiary alicyclic amines) is 1. The largest absolute Gasteiger partial charge is 0.302 e. The monoisotopic (exact) mass is 297 g/mol. The van der Waals surface area contributed by atoms with Gasteiger partial charge in [0.1, 0.15) is 5.65 Å². The van der Waals surface area contributed by atoms with Gasteiger partial charge in [0.2, 0.25) is 0 Å². The van der Waals surface area contributed by atoms with E-state index in [1.165, 1.54) is 35.5 Å². The Labute approximate surface area is 128 Å². The van der Waals surface area contributed by atoms with E-state index < -0.39 is 0 Å². The number of rotatable bonds is 3. The van der Waals surface area contributed by atoms with E-state index in [0.29, 0.717) is 6.04 Å². The minimum Gasteiger partial charge on any atom is -0.302 e. The molecule has 4 heteroatoms. The molecule has 0 N–H and O–H groups in total. The summed E-state index contributed by atoms with van der Waals surface area (Å²) in [4.78, 5) is 8.53. The Morgan fingerprint density at radius 3 is 3.14 bits per heavy atom. The molecule has 3 nitrogen and oxygen atoms in total. The van der Waals surface area contributed by atoms with E-state index in [4.69, 9.17) is 0 Å². The number of hydrogen-bond donors (Lipinski definition) is 0. The van der Waals surface area contributed by atoms with Crippen LogP contribution in [-0.2, 0) is 6.54 Å². The Balaban J connectivity index is 1.67. The van der Waals surface area contributed by atoms with Crippen LogP contribution in [0.25, 0.3) is 5.65 Å². The first-order valence-corrected chi connectivity index (χ1v) is 8.40. The van der Waals surface area contributed by atoms with Crippen molar-refractivity contribution in [1.82, 2.24) is 14.3 Å². The first kappa shape index (κ1) is 13.0. The van der Waals surface area contributed by atoms with Gasteiger partial charge in [-0.25, -0.2) is 4.98 Å². The van der Waals surface area contributed by atoms with Gasteiger partial charge in [-0.3, -0.25) is 4.90 Å². The summed E-state index contributed by atoms with van der Waals surface area (Å²) in [6.07, 6.45) is 6.49. The van der Waals surface area contributed by atoms with Gasteiger partial charge in [-0.05, 0) is 55.5 Å². The molecule has 1 aliphatic heterocycles. The molecule has 3 aromatic rings. The molecule has 1 aliphatic rings. The van der Waals surface area contributed by atoms with Gasteiger partial charge in [-0.1, -0.05) is 6.07 Å². The third kappa shape index (κ3) is 2.28. The predicted octanol–water partition coefficient (Wildman–Crippen LogP) is 4.04. The summed E-state index contributed by atoms with van der Waals surface area (Å²) in [6.45, 7) is 4.47. The van der Waals surface area contributed by atoms with Crippen LogP contribution in [0.15, 0.2) is 42.0 Å². The number of imidazole rings is 1. The summed E-state index contributed by atoms with van der Waals surface area (Å²) in [5, 5.41) is 2.20. The summed E-state index contributed by atoms with van der Waals surface area (Å²) in [5.41, 5.74) is 3.84. The second-order valence-electron chi connectivity index (χ2n) is 5.76. The second kappa shape index (κ2) is 5.28. The van der Waals surface area contributed by atoms with Crippen molar-refractivity contribution in [3.05, 3.63) is 58.2 Å². The van der Waals surface area contributed by atoms with Gasteiger partial charge in [-0.2, -0.15) is 0 Å². The highest BCUT2D eigenvalue weighted by atomic mass is 32.1. The number of thiophene rings is 1. The van der Waals surface area contributed by atoms with Gasteiger partial charge < -0.3 is 4.40 Å². The summed E-state index contributed by atoms with van der Waals surface area (Å²) < 4.78 is 2.24. The maximum atomic E-state index is 4.41. The van der Waals surface area contributed by atoms with E-state index in [-0.39, 0.29) is 0 Å². The highest BCUT2D eigenvalue weighted by Gasteiger charge is 2.28. The van der Waals surface area contributed by atoms with Crippen molar-refractivity contribution in [3.63, 3.8) is 0 Å². The van der Waals surface area contributed by atoms with Crippen molar-refractivity contribution in [3.8, 4) is 0 Å². The van der Waals surface area contributed by atoms with Crippen molar-refractivity contribution in [2.24, 2.45) is 0 Å². The Hall–Kier alpha value is -1.65. The van der Waals surface area contributed by atoms with Crippen LogP contribution in [0, 0.1) is 6.92 Å². The SMILES string of the molecule is Cc1ccsc1CN1CCC[C@@H]1c1cccc2nccn12. The zero-order valence-electron chi connectivity index (χ0n) is 12.2. The van der Waals surface area contributed by atoms with E-state index in [9.17, 15) is 0 Å². The normalized spacial score (nSPS) is 19.6. The summed E-state index contributed by atoms with van der Waals surface area (Å²) >= 11 is 1.88. The molecule has 4 heterocycles. The van der Waals surface area contributed by atoms with E-state index in [1.54, 1.807) is 0 Å². The third-order valence-electron chi connectivity index (χ3n) is 4.48. The number of nitrogens with zero attached hydrogens (tertiary/aromatic N) is 3. The molecule has 0 bridgehead atoms. The zero-order chi connectivity index (χ0) is 14.2. The fraction of sp³-hybridized carbons (Fsp3) is 0.353. The van der Waals surface area contributed by atoms with Crippen molar-refractivity contribution in [2.45, 2.75) is 32.4 Å². The second-order valence-corrected chi connectivity index (χ2v) is 6.76. The molecule has 0 saturated carbocycles. The van der Waals surface area contributed by atoms with E-state index in [2.05, 4.69) is 57.1 Å². The van der Waals surface area contributed by atoms with Crippen molar-refractivity contribution < 1.29 is 0 Å². The van der Waals surface area contributed by atoms with Gasteiger partial charge in [0.15, 0.2) is 0 Å². The number of pyridine rings is 1. The smallest absolute Gasteiger partial charge is 0.136 e. The number of fused-ring (bicyclic) bond motifs is 1. The highest BCUT2D eigenvalue weighted by Crippen LogP contribution is 2.34. The quantitative estimate of drug-likeness (QED) is 0.727. The average molecular weight is 297 g/mol. The molecule has 0 spiro atoms. The van der Waals surface area contributed by atoms with Gasteiger partial charge >= 0.3 is 0 Å². The molecule has 0 radical (unpaired) electrons. The van der Waals surface area contributed by atoms with E-state index in [1.807, 2.05) is 17.5 Å². The van der Waals surface area contributed by atoms with Crippen molar-refractivity contribution >= 4 is 17.0 Å². The molecule has 0 aliphatic carbocycles. The fourth-order valence-corrected chi connectivity index (χ4v) is 4.27. The Morgan fingerprint density at radius 1 is 1.33 bits per heavy atom. The summed E-state index contributed by atoms with van der Waals surface area (Å²) in [6, 6.07) is 9.18.